The van der Waals surface area contributed by atoms with Crippen LogP contribution in [-0.2, 0) is 0 Å². The smallest absolute Gasteiger partial charge is 0.149 e. The SMILES string of the molecule is NC(c1ccccc1)c1nnc(-c2ccc(F)cc2Cl)s1. The Kier molecular flexibility index (Phi) is 3.96. The first-order valence-electron chi connectivity index (χ1n) is 6.24. The fourth-order valence-electron chi connectivity index (χ4n) is 1.93. The monoisotopic (exact) mass is 319 g/mol. The summed E-state index contributed by atoms with van der Waals surface area (Å²) < 4.78 is 13.1. The maximum Gasteiger partial charge on any atom is 0.149 e. The van der Waals surface area contributed by atoms with Crippen molar-refractivity contribution in [1.29, 1.82) is 0 Å². The summed E-state index contributed by atoms with van der Waals surface area (Å²) in [6.45, 7) is 0. The number of hydrogen-bond acceptors (Lipinski definition) is 4. The molecule has 0 fully saturated rings. The van der Waals surface area contributed by atoms with Crippen LogP contribution in [0.1, 0.15) is 16.6 Å². The molecule has 0 aliphatic heterocycles. The molecule has 0 bridgehead atoms. The predicted molar refractivity (Wildman–Crippen MR) is 82.8 cm³/mol. The van der Waals surface area contributed by atoms with Crippen LogP contribution < -0.4 is 5.73 Å². The van der Waals surface area contributed by atoms with E-state index < -0.39 is 0 Å². The lowest BCUT2D eigenvalue weighted by molar-refractivity contribution is 0.628. The first kappa shape index (κ1) is 14.1. The Labute approximate surface area is 130 Å². The van der Waals surface area contributed by atoms with Gasteiger partial charge in [-0.25, -0.2) is 4.39 Å². The lowest BCUT2D eigenvalue weighted by Crippen LogP contribution is -2.11. The second-order valence-corrected chi connectivity index (χ2v) is 5.87. The van der Waals surface area contributed by atoms with Gasteiger partial charge in [0.25, 0.3) is 0 Å². The average molecular weight is 320 g/mol. The van der Waals surface area contributed by atoms with Crippen LogP contribution in [0.4, 0.5) is 4.39 Å². The number of hydrogen-bond donors (Lipinski definition) is 1. The molecule has 106 valence electrons. The zero-order chi connectivity index (χ0) is 14.8. The molecule has 3 rings (SSSR count). The van der Waals surface area contributed by atoms with E-state index in [9.17, 15) is 4.39 Å². The van der Waals surface area contributed by atoms with Gasteiger partial charge in [0.1, 0.15) is 15.8 Å². The number of halogens is 2. The van der Waals surface area contributed by atoms with Crippen LogP contribution in [-0.4, -0.2) is 10.2 Å². The van der Waals surface area contributed by atoms with Crippen molar-refractivity contribution >= 4 is 22.9 Å². The summed E-state index contributed by atoms with van der Waals surface area (Å²) >= 11 is 7.39. The second-order valence-electron chi connectivity index (χ2n) is 4.46. The van der Waals surface area contributed by atoms with E-state index in [1.54, 1.807) is 6.07 Å². The summed E-state index contributed by atoms with van der Waals surface area (Å²) in [5, 5.41) is 9.86. The van der Waals surface area contributed by atoms with Crippen molar-refractivity contribution in [1.82, 2.24) is 10.2 Å². The molecule has 0 saturated heterocycles. The van der Waals surface area contributed by atoms with E-state index in [0.717, 1.165) is 5.56 Å². The Hall–Kier alpha value is -1.82. The summed E-state index contributed by atoms with van der Waals surface area (Å²) in [7, 11) is 0. The van der Waals surface area contributed by atoms with Gasteiger partial charge in [-0.15, -0.1) is 10.2 Å². The minimum Gasteiger partial charge on any atom is -0.318 e. The van der Waals surface area contributed by atoms with Gasteiger partial charge in [0.15, 0.2) is 0 Å². The molecule has 21 heavy (non-hydrogen) atoms. The zero-order valence-electron chi connectivity index (χ0n) is 10.8. The van der Waals surface area contributed by atoms with Crippen LogP contribution in [0.5, 0.6) is 0 Å². The van der Waals surface area contributed by atoms with Crippen LogP contribution in [0.15, 0.2) is 48.5 Å². The zero-order valence-corrected chi connectivity index (χ0v) is 12.4. The lowest BCUT2D eigenvalue weighted by atomic mass is 10.1. The maximum atomic E-state index is 13.1. The first-order chi connectivity index (χ1) is 10.1. The van der Waals surface area contributed by atoms with Gasteiger partial charge in [-0.05, 0) is 23.8 Å². The topological polar surface area (TPSA) is 51.8 Å². The fraction of sp³-hybridized carbons (Fsp3) is 0.0667. The van der Waals surface area contributed by atoms with Crippen LogP contribution in [0.25, 0.3) is 10.6 Å². The molecule has 1 unspecified atom stereocenters. The molecule has 3 nitrogen and oxygen atoms in total. The molecule has 2 N–H and O–H groups in total. The number of nitrogens with zero attached hydrogens (tertiary/aromatic N) is 2. The summed E-state index contributed by atoms with van der Waals surface area (Å²) in [5.41, 5.74) is 7.80. The summed E-state index contributed by atoms with van der Waals surface area (Å²) in [6.07, 6.45) is 0. The summed E-state index contributed by atoms with van der Waals surface area (Å²) in [6, 6.07) is 13.5. The van der Waals surface area contributed by atoms with E-state index in [4.69, 9.17) is 17.3 Å². The number of nitrogens with two attached hydrogens (primary N) is 1. The van der Waals surface area contributed by atoms with Gasteiger partial charge in [0.05, 0.1) is 11.1 Å². The van der Waals surface area contributed by atoms with Gasteiger partial charge >= 0.3 is 0 Å². The van der Waals surface area contributed by atoms with Crippen LogP contribution >= 0.6 is 22.9 Å². The summed E-state index contributed by atoms with van der Waals surface area (Å²) in [5.74, 6) is -0.380. The molecule has 0 radical (unpaired) electrons. The molecule has 0 aliphatic rings. The van der Waals surface area contributed by atoms with E-state index in [0.29, 0.717) is 20.6 Å². The standard InChI is InChI=1S/C15H11ClFN3S/c16-12-8-10(17)6-7-11(12)14-19-20-15(21-14)13(18)9-4-2-1-3-5-9/h1-8,13H,18H2. The molecule has 1 aromatic heterocycles. The van der Waals surface area contributed by atoms with Crippen molar-refractivity contribution < 1.29 is 4.39 Å². The van der Waals surface area contributed by atoms with Gasteiger partial charge in [-0.1, -0.05) is 53.3 Å². The van der Waals surface area contributed by atoms with E-state index in [1.807, 2.05) is 30.3 Å². The largest absolute Gasteiger partial charge is 0.318 e. The Bertz CT molecular complexity index is 761. The van der Waals surface area contributed by atoms with Gasteiger partial charge in [0, 0.05) is 5.56 Å². The van der Waals surface area contributed by atoms with Crippen molar-refractivity contribution in [2.45, 2.75) is 6.04 Å². The minimum atomic E-state index is -0.380. The molecular weight excluding hydrogens is 309 g/mol. The molecule has 0 spiro atoms. The normalized spacial score (nSPS) is 12.3. The highest BCUT2D eigenvalue weighted by atomic mass is 35.5. The Balaban J connectivity index is 1.93. The third-order valence-electron chi connectivity index (χ3n) is 3.03. The van der Waals surface area contributed by atoms with Crippen molar-refractivity contribution in [3.63, 3.8) is 0 Å². The quantitative estimate of drug-likeness (QED) is 0.792. The molecule has 0 saturated carbocycles. The van der Waals surface area contributed by atoms with Gasteiger partial charge in [-0.3, -0.25) is 0 Å². The van der Waals surface area contributed by atoms with E-state index in [2.05, 4.69) is 10.2 Å². The van der Waals surface area contributed by atoms with E-state index in [-0.39, 0.29) is 11.9 Å². The predicted octanol–water partition coefficient (Wildman–Crippen LogP) is 4.05. The third-order valence-corrected chi connectivity index (χ3v) is 4.38. The van der Waals surface area contributed by atoms with Crippen LogP contribution in [0, 0.1) is 5.82 Å². The molecule has 0 aliphatic carbocycles. The highest BCUT2D eigenvalue weighted by Gasteiger charge is 2.16. The van der Waals surface area contributed by atoms with E-state index in [1.165, 1.54) is 23.5 Å². The highest BCUT2D eigenvalue weighted by molar-refractivity contribution is 7.14. The average Bonchev–Trinajstić information content (AvgIpc) is 2.97. The van der Waals surface area contributed by atoms with Crippen molar-refractivity contribution in [2.24, 2.45) is 5.73 Å². The number of benzene rings is 2. The molecule has 3 aromatic rings. The Morgan fingerprint density at radius 3 is 2.57 bits per heavy atom. The number of rotatable bonds is 3. The molecule has 2 aromatic carbocycles. The molecule has 1 heterocycles. The van der Waals surface area contributed by atoms with Crippen molar-refractivity contribution in [3.05, 3.63) is 69.9 Å². The summed E-state index contributed by atoms with van der Waals surface area (Å²) in [4.78, 5) is 0. The third kappa shape index (κ3) is 2.95. The van der Waals surface area contributed by atoms with Gasteiger partial charge in [-0.2, -0.15) is 0 Å². The van der Waals surface area contributed by atoms with Crippen LogP contribution in [0.2, 0.25) is 5.02 Å². The second kappa shape index (κ2) is 5.89. The lowest BCUT2D eigenvalue weighted by Gasteiger charge is -2.07. The molecular formula is C15H11ClFN3S. The first-order valence-corrected chi connectivity index (χ1v) is 7.44. The molecule has 0 amide bonds. The Morgan fingerprint density at radius 1 is 1.10 bits per heavy atom. The van der Waals surface area contributed by atoms with Crippen molar-refractivity contribution in [3.8, 4) is 10.6 Å². The molecule has 1 atom stereocenters. The van der Waals surface area contributed by atoms with E-state index >= 15 is 0 Å². The minimum absolute atomic E-state index is 0.311. The van der Waals surface area contributed by atoms with Gasteiger partial charge in [0.2, 0.25) is 0 Å². The van der Waals surface area contributed by atoms with Crippen molar-refractivity contribution in [2.75, 3.05) is 0 Å². The Morgan fingerprint density at radius 2 is 1.86 bits per heavy atom. The van der Waals surface area contributed by atoms with Crippen LogP contribution in [0.3, 0.4) is 0 Å². The maximum absolute atomic E-state index is 13.1. The number of aromatic nitrogens is 2. The van der Waals surface area contributed by atoms with Gasteiger partial charge < -0.3 is 5.73 Å². The highest BCUT2D eigenvalue weighted by Crippen LogP contribution is 2.33. The fourth-order valence-corrected chi connectivity index (χ4v) is 3.16. The molecule has 6 heteroatoms.